The first-order valence-electron chi connectivity index (χ1n) is 6.57. The van der Waals surface area contributed by atoms with Gasteiger partial charge >= 0.3 is 0 Å². The van der Waals surface area contributed by atoms with E-state index < -0.39 is 0 Å². The maximum atomic E-state index is 11.9. The van der Waals surface area contributed by atoms with Crippen LogP contribution in [0.5, 0.6) is 0 Å². The molecule has 1 amide bonds. The third-order valence-electron chi connectivity index (χ3n) is 2.56. The van der Waals surface area contributed by atoms with Gasteiger partial charge in [0.1, 0.15) is 10.7 Å². The number of carbonyl (C=O) groups excluding carboxylic acids is 1. The lowest BCUT2D eigenvalue weighted by Gasteiger charge is -2.03. The molecule has 0 bridgehead atoms. The molecule has 114 valence electrons. The number of aromatic nitrogens is 1. The summed E-state index contributed by atoms with van der Waals surface area (Å²) in [5.41, 5.74) is 5.73. The molecule has 0 unspecified atom stereocenters. The van der Waals surface area contributed by atoms with Crippen molar-refractivity contribution in [2.45, 2.75) is 19.3 Å². The Hall–Kier alpha value is -1.38. The largest absolute Gasteiger partial charge is 0.396 e. The number of nitrogens with zero attached hydrogens (tertiary/aromatic N) is 1. The first-order chi connectivity index (χ1) is 9.69. The lowest BCUT2D eigenvalue weighted by atomic mass is 10.2. The Morgan fingerprint density at radius 1 is 1.40 bits per heavy atom. The number of hydrogen-bond donors (Lipinski definition) is 4. The fourth-order valence-corrected chi connectivity index (χ4v) is 2.35. The van der Waals surface area contributed by atoms with E-state index in [2.05, 4.69) is 15.6 Å². The van der Waals surface area contributed by atoms with Crippen LogP contribution >= 0.6 is 11.3 Å². The number of nitrogens with one attached hydrogen (secondary N) is 2. The number of methoxy groups -OCH3 is 1. The number of amides is 1. The number of anilines is 2. The Morgan fingerprint density at radius 2 is 2.20 bits per heavy atom. The SMILES string of the molecule is COCCNc1nc(N)c(C(=O)NCCCCCO)s1. The molecule has 1 heterocycles. The summed E-state index contributed by atoms with van der Waals surface area (Å²) >= 11 is 1.23. The molecule has 0 radical (unpaired) electrons. The Balaban J connectivity index is 2.39. The second kappa shape index (κ2) is 9.51. The van der Waals surface area contributed by atoms with Gasteiger partial charge in [0.2, 0.25) is 0 Å². The highest BCUT2D eigenvalue weighted by Crippen LogP contribution is 2.24. The van der Waals surface area contributed by atoms with Crippen LogP contribution in [0.1, 0.15) is 28.9 Å². The van der Waals surface area contributed by atoms with E-state index in [1.54, 1.807) is 7.11 Å². The normalized spacial score (nSPS) is 10.5. The molecule has 0 aliphatic heterocycles. The maximum absolute atomic E-state index is 11.9. The van der Waals surface area contributed by atoms with Gasteiger partial charge in [0, 0.05) is 26.8 Å². The molecule has 0 saturated heterocycles. The predicted octanol–water partition coefficient (Wildman–Crippen LogP) is 0.676. The molecule has 7 nitrogen and oxygen atoms in total. The number of nitrogens with two attached hydrogens (primary N) is 1. The monoisotopic (exact) mass is 302 g/mol. The van der Waals surface area contributed by atoms with Gasteiger partial charge in [0.15, 0.2) is 5.13 Å². The summed E-state index contributed by atoms with van der Waals surface area (Å²) in [4.78, 5) is 16.4. The van der Waals surface area contributed by atoms with Crippen molar-refractivity contribution >= 4 is 28.2 Å². The Labute approximate surface area is 122 Å². The van der Waals surface area contributed by atoms with Crippen molar-refractivity contribution in [3.8, 4) is 0 Å². The molecule has 20 heavy (non-hydrogen) atoms. The minimum Gasteiger partial charge on any atom is -0.396 e. The van der Waals surface area contributed by atoms with Gasteiger partial charge in [-0.1, -0.05) is 11.3 Å². The fraction of sp³-hybridized carbons (Fsp3) is 0.667. The first-order valence-corrected chi connectivity index (χ1v) is 7.39. The standard InChI is InChI=1S/C12H22N4O3S/c1-19-8-6-15-12-16-10(13)9(20-12)11(18)14-5-3-2-4-7-17/h17H,2-8,13H2,1H3,(H,14,18)(H,15,16). The molecule has 1 rings (SSSR count). The average Bonchev–Trinajstić information content (AvgIpc) is 2.80. The quantitative estimate of drug-likeness (QED) is 0.473. The highest BCUT2D eigenvalue weighted by molar-refractivity contribution is 7.18. The van der Waals surface area contributed by atoms with E-state index in [1.807, 2.05) is 0 Å². The van der Waals surface area contributed by atoms with E-state index in [4.69, 9.17) is 15.6 Å². The first kappa shape index (κ1) is 16.7. The molecule has 0 aliphatic carbocycles. The van der Waals surface area contributed by atoms with Crippen LogP contribution in [0.15, 0.2) is 0 Å². The van der Waals surface area contributed by atoms with Gasteiger partial charge in [-0.3, -0.25) is 4.79 Å². The van der Waals surface area contributed by atoms with Gasteiger partial charge in [-0.05, 0) is 19.3 Å². The topological polar surface area (TPSA) is 110 Å². The van der Waals surface area contributed by atoms with E-state index in [-0.39, 0.29) is 18.3 Å². The van der Waals surface area contributed by atoms with Crippen LogP contribution < -0.4 is 16.4 Å². The number of hydrogen-bond acceptors (Lipinski definition) is 7. The molecule has 0 spiro atoms. The van der Waals surface area contributed by atoms with Crippen molar-refractivity contribution in [3.05, 3.63) is 4.88 Å². The molecule has 8 heteroatoms. The van der Waals surface area contributed by atoms with Crippen LogP contribution in [0, 0.1) is 0 Å². The molecular weight excluding hydrogens is 280 g/mol. The van der Waals surface area contributed by atoms with E-state index in [9.17, 15) is 4.79 Å². The number of aliphatic hydroxyl groups excluding tert-OH is 1. The van der Waals surface area contributed by atoms with Gasteiger partial charge in [-0.15, -0.1) is 0 Å². The number of aliphatic hydroxyl groups is 1. The van der Waals surface area contributed by atoms with Crippen LogP contribution in [0.2, 0.25) is 0 Å². The second-order valence-corrected chi connectivity index (χ2v) is 5.19. The molecule has 0 aromatic carbocycles. The summed E-state index contributed by atoms with van der Waals surface area (Å²) in [5, 5.41) is 15.1. The molecule has 1 aromatic heterocycles. The Morgan fingerprint density at radius 3 is 2.90 bits per heavy atom. The summed E-state index contributed by atoms with van der Waals surface area (Å²) in [6.45, 7) is 1.94. The lowest BCUT2D eigenvalue weighted by molar-refractivity contribution is 0.0957. The number of thiazole rings is 1. The molecule has 5 N–H and O–H groups in total. The van der Waals surface area contributed by atoms with Gasteiger partial charge in [-0.25, -0.2) is 4.98 Å². The number of rotatable bonds is 10. The fourth-order valence-electron chi connectivity index (χ4n) is 1.53. The Bertz CT molecular complexity index is 411. The molecule has 0 aliphatic rings. The highest BCUT2D eigenvalue weighted by atomic mass is 32.1. The van der Waals surface area contributed by atoms with Crippen LogP contribution in [-0.4, -0.2) is 49.4 Å². The van der Waals surface area contributed by atoms with Crippen LogP contribution in [-0.2, 0) is 4.74 Å². The van der Waals surface area contributed by atoms with Crippen molar-refractivity contribution in [1.29, 1.82) is 0 Å². The van der Waals surface area contributed by atoms with Crippen LogP contribution in [0.25, 0.3) is 0 Å². The summed E-state index contributed by atoms with van der Waals surface area (Å²) in [5.74, 6) is 0.0339. The smallest absolute Gasteiger partial charge is 0.265 e. The molecule has 1 aromatic rings. The molecular formula is C12H22N4O3S. The van der Waals surface area contributed by atoms with Crippen LogP contribution in [0.3, 0.4) is 0 Å². The van der Waals surface area contributed by atoms with Gasteiger partial charge in [-0.2, -0.15) is 0 Å². The van der Waals surface area contributed by atoms with Crippen LogP contribution in [0.4, 0.5) is 10.9 Å². The van der Waals surface area contributed by atoms with Gasteiger partial charge in [0.25, 0.3) is 5.91 Å². The molecule has 0 atom stereocenters. The van der Waals surface area contributed by atoms with E-state index >= 15 is 0 Å². The molecule has 0 fully saturated rings. The van der Waals surface area contributed by atoms with Crippen molar-refractivity contribution in [3.63, 3.8) is 0 Å². The third-order valence-corrected chi connectivity index (χ3v) is 3.59. The number of unbranched alkanes of at least 4 members (excludes halogenated alkanes) is 2. The van der Waals surface area contributed by atoms with E-state index in [0.717, 1.165) is 19.3 Å². The second-order valence-electron chi connectivity index (χ2n) is 4.19. The minimum atomic E-state index is -0.205. The van der Waals surface area contributed by atoms with Crippen molar-refractivity contribution in [1.82, 2.24) is 10.3 Å². The summed E-state index contributed by atoms with van der Waals surface area (Å²) in [6, 6.07) is 0. The number of ether oxygens (including phenoxy) is 1. The minimum absolute atomic E-state index is 0.187. The average molecular weight is 302 g/mol. The predicted molar refractivity (Wildman–Crippen MR) is 80.2 cm³/mol. The highest BCUT2D eigenvalue weighted by Gasteiger charge is 2.15. The summed E-state index contributed by atoms with van der Waals surface area (Å²) < 4.78 is 4.92. The zero-order valence-corrected chi connectivity index (χ0v) is 12.5. The summed E-state index contributed by atoms with van der Waals surface area (Å²) in [6.07, 6.45) is 2.48. The number of nitrogen functional groups attached to an aromatic ring is 1. The zero-order chi connectivity index (χ0) is 14.8. The molecule has 0 saturated carbocycles. The Kier molecular flexibility index (Phi) is 7.93. The number of carbonyl (C=O) groups is 1. The van der Waals surface area contributed by atoms with Crippen molar-refractivity contribution in [2.75, 3.05) is 44.5 Å². The van der Waals surface area contributed by atoms with E-state index in [0.29, 0.717) is 29.7 Å². The van der Waals surface area contributed by atoms with E-state index in [1.165, 1.54) is 11.3 Å². The van der Waals surface area contributed by atoms with Crippen molar-refractivity contribution < 1.29 is 14.6 Å². The third kappa shape index (κ3) is 5.72. The van der Waals surface area contributed by atoms with Gasteiger partial charge < -0.3 is 26.2 Å². The maximum Gasteiger partial charge on any atom is 0.265 e. The summed E-state index contributed by atoms with van der Waals surface area (Å²) in [7, 11) is 1.62. The zero-order valence-electron chi connectivity index (χ0n) is 11.6. The lowest BCUT2D eigenvalue weighted by Crippen LogP contribution is -2.24. The van der Waals surface area contributed by atoms with Crippen molar-refractivity contribution in [2.24, 2.45) is 0 Å². The van der Waals surface area contributed by atoms with Gasteiger partial charge in [0.05, 0.1) is 6.61 Å².